The number of piperazine rings is 1. The van der Waals surface area contributed by atoms with Crippen molar-refractivity contribution >= 4 is 11.6 Å². The number of nitrogens with zero attached hydrogens (tertiary/aromatic N) is 4. The van der Waals surface area contributed by atoms with E-state index in [1.165, 1.54) is 11.3 Å². The number of amides is 1. The van der Waals surface area contributed by atoms with Gasteiger partial charge >= 0.3 is 0 Å². The SMILES string of the molecule is Cc1ccccc1N1CCN(C(=O)c2cc(-c3ccccc3)nn2C)C(C)C1. The minimum absolute atomic E-state index is 0.0501. The largest absolute Gasteiger partial charge is 0.367 e. The van der Waals surface area contributed by atoms with Gasteiger partial charge in [-0.1, -0.05) is 48.5 Å². The average Bonchev–Trinajstić information content (AvgIpc) is 3.10. The molecule has 3 aromatic rings. The zero-order chi connectivity index (χ0) is 19.7. The molecule has 0 spiro atoms. The molecule has 1 aliphatic rings. The summed E-state index contributed by atoms with van der Waals surface area (Å²) in [5.74, 6) is 0.0501. The van der Waals surface area contributed by atoms with Crippen LogP contribution in [0.5, 0.6) is 0 Å². The highest BCUT2D eigenvalue weighted by Crippen LogP contribution is 2.25. The average molecular weight is 374 g/mol. The number of para-hydroxylation sites is 1. The number of aryl methyl sites for hydroxylation is 2. The van der Waals surface area contributed by atoms with Gasteiger partial charge in [0, 0.05) is 44.0 Å². The van der Waals surface area contributed by atoms with Crippen molar-refractivity contribution < 1.29 is 4.79 Å². The Kier molecular flexibility index (Phi) is 4.90. The summed E-state index contributed by atoms with van der Waals surface area (Å²) in [7, 11) is 1.84. The van der Waals surface area contributed by atoms with Crippen LogP contribution in [0.1, 0.15) is 23.0 Å². The van der Waals surface area contributed by atoms with Crippen LogP contribution < -0.4 is 4.90 Å². The van der Waals surface area contributed by atoms with Gasteiger partial charge < -0.3 is 9.80 Å². The van der Waals surface area contributed by atoms with Crippen molar-refractivity contribution in [3.63, 3.8) is 0 Å². The quantitative estimate of drug-likeness (QED) is 0.701. The molecule has 1 saturated heterocycles. The number of hydrogen-bond donors (Lipinski definition) is 0. The first-order valence-corrected chi connectivity index (χ1v) is 9.75. The number of aromatic nitrogens is 2. The highest BCUT2D eigenvalue weighted by molar-refractivity contribution is 5.94. The number of benzene rings is 2. The summed E-state index contributed by atoms with van der Waals surface area (Å²) >= 11 is 0. The number of carbonyl (C=O) groups excluding carboxylic acids is 1. The maximum atomic E-state index is 13.2. The first-order chi connectivity index (χ1) is 13.5. The predicted molar refractivity (Wildman–Crippen MR) is 113 cm³/mol. The lowest BCUT2D eigenvalue weighted by Crippen LogP contribution is -2.54. The van der Waals surface area contributed by atoms with E-state index in [-0.39, 0.29) is 11.9 Å². The predicted octanol–water partition coefficient (Wildman–Crippen LogP) is 3.75. The minimum Gasteiger partial charge on any atom is -0.367 e. The molecule has 28 heavy (non-hydrogen) atoms. The van der Waals surface area contributed by atoms with E-state index in [9.17, 15) is 4.79 Å². The molecule has 2 heterocycles. The Hall–Kier alpha value is -3.08. The Bertz CT molecular complexity index is 979. The van der Waals surface area contributed by atoms with E-state index in [1.54, 1.807) is 4.68 Å². The molecule has 1 atom stereocenters. The zero-order valence-corrected chi connectivity index (χ0v) is 16.7. The number of rotatable bonds is 3. The van der Waals surface area contributed by atoms with Crippen LogP contribution in [-0.2, 0) is 7.05 Å². The van der Waals surface area contributed by atoms with E-state index >= 15 is 0 Å². The topological polar surface area (TPSA) is 41.4 Å². The van der Waals surface area contributed by atoms with Crippen molar-refractivity contribution in [2.75, 3.05) is 24.5 Å². The van der Waals surface area contributed by atoms with Crippen LogP contribution in [0.15, 0.2) is 60.7 Å². The smallest absolute Gasteiger partial charge is 0.272 e. The number of anilines is 1. The molecule has 0 bridgehead atoms. The lowest BCUT2D eigenvalue weighted by molar-refractivity contribution is 0.0663. The Balaban J connectivity index is 1.52. The summed E-state index contributed by atoms with van der Waals surface area (Å²) in [4.78, 5) is 17.6. The van der Waals surface area contributed by atoms with Gasteiger partial charge in [-0.15, -0.1) is 0 Å². The fourth-order valence-corrected chi connectivity index (χ4v) is 3.96. The molecule has 5 nitrogen and oxygen atoms in total. The van der Waals surface area contributed by atoms with Crippen LogP contribution in [0, 0.1) is 6.92 Å². The van der Waals surface area contributed by atoms with Gasteiger partial charge in [0.15, 0.2) is 0 Å². The van der Waals surface area contributed by atoms with Crippen molar-refractivity contribution in [2.45, 2.75) is 19.9 Å². The van der Waals surface area contributed by atoms with E-state index in [0.29, 0.717) is 12.2 Å². The molecule has 144 valence electrons. The van der Waals surface area contributed by atoms with E-state index in [1.807, 2.05) is 48.3 Å². The molecule has 1 amide bonds. The van der Waals surface area contributed by atoms with Crippen molar-refractivity contribution in [3.8, 4) is 11.3 Å². The Morgan fingerprint density at radius 2 is 1.75 bits per heavy atom. The van der Waals surface area contributed by atoms with Crippen LogP contribution in [-0.4, -0.2) is 46.3 Å². The lowest BCUT2D eigenvalue weighted by atomic mass is 10.1. The fraction of sp³-hybridized carbons (Fsp3) is 0.304. The summed E-state index contributed by atoms with van der Waals surface area (Å²) in [6.45, 7) is 6.64. The summed E-state index contributed by atoms with van der Waals surface area (Å²) in [6, 6.07) is 20.4. The van der Waals surface area contributed by atoms with Gasteiger partial charge in [-0.2, -0.15) is 5.10 Å². The van der Waals surface area contributed by atoms with Crippen LogP contribution in [0.25, 0.3) is 11.3 Å². The Morgan fingerprint density at radius 3 is 2.46 bits per heavy atom. The molecule has 0 radical (unpaired) electrons. The van der Waals surface area contributed by atoms with Gasteiger partial charge in [0.1, 0.15) is 5.69 Å². The van der Waals surface area contributed by atoms with E-state index < -0.39 is 0 Å². The molecule has 0 aliphatic carbocycles. The second-order valence-corrected chi connectivity index (χ2v) is 7.48. The molecule has 4 rings (SSSR count). The zero-order valence-electron chi connectivity index (χ0n) is 16.7. The second-order valence-electron chi connectivity index (χ2n) is 7.48. The van der Waals surface area contributed by atoms with Crippen LogP contribution >= 0.6 is 0 Å². The van der Waals surface area contributed by atoms with Gasteiger partial charge in [-0.3, -0.25) is 9.48 Å². The highest BCUT2D eigenvalue weighted by atomic mass is 16.2. The van der Waals surface area contributed by atoms with Gasteiger partial charge in [0.05, 0.1) is 5.69 Å². The molecule has 1 aliphatic heterocycles. The van der Waals surface area contributed by atoms with E-state index in [0.717, 1.165) is 24.3 Å². The molecule has 2 aromatic carbocycles. The third kappa shape index (κ3) is 3.40. The van der Waals surface area contributed by atoms with E-state index in [4.69, 9.17) is 0 Å². The Morgan fingerprint density at radius 1 is 1.04 bits per heavy atom. The van der Waals surface area contributed by atoms with Crippen molar-refractivity contribution in [2.24, 2.45) is 7.05 Å². The maximum absolute atomic E-state index is 13.2. The van der Waals surface area contributed by atoms with Gasteiger partial charge in [-0.25, -0.2) is 0 Å². The van der Waals surface area contributed by atoms with Crippen LogP contribution in [0.2, 0.25) is 0 Å². The van der Waals surface area contributed by atoms with Gasteiger partial charge in [0.2, 0.25) is 0 Å². The standard InChI is InChI=1S/C23H26N4O/c1-17-9-7-8-12-21(17)26-13-14-27(18(2)16-26)23(28)22-15-20(24-25(22)3)19-10-5-4-6-11-19/h4-12,15,18H,13-14,16H2,1-3H3. The number of hydrogen-bond acceptors (Lipinski definition) is 3. The van der Waals surface area contributed by atoms with Crippen molar-refractivity contribution in [3.05, 3.63) is 71.9 Å². The highest BCUT2D eigenvalue weighted by Gasteiger charge is 2.30. The van der Waals surface area contributed by atoms with Gasteiger partial charge in [0.25, 0.3) is 5.91 Å². The molecule has 1 unspecified atom stereocenters. The summed E-state index contributed by atoms with van der Waals surface area (Å²) in [5.41, 5.74) is 5.02. The van der Waals surface area contributed by atoms with Crippen LogP contribution in [0.4, 0.5) is 5.69 Å². The number of carbonyl (C=O) groups is 1. The Labute approximate surface area is 166 Å². The lowest BCUT2D eigenvalue weighted by Gasteiger charge is -2.41. The first-order valence-electron chi connectivity index (χ1n) is 9.75. The molecule has 5 heteroatoms. The molecular formula is C23H26N4O. The van der Waals surface area contributed by atoms with E-state index in [2.05, 4.69) is 48.1 Å². The minimum atomic E-state index is 0.0501. The third-order valence-corrected chi connectivity index (χ3v) is 5.51. The van der Waals surface area contributed by atoms with Gasteiger partial charge in [-0.05, 0) is 31.5 Å². The normalized spacial score (nSPS) is 17.0. The van der Waals surface area contributed by atoms with Crippen LogP contribution in [0.3, 0.4) is 0 Å². The first kappa shape index (κ1) is 18.3. The molecule has 1 aromatic heterocycles. The van der Waals surface area contributed by atoms with Crippen molar-refractivity contribution in [1.29, 1.82) is 0 Å². The molecule has 1 fully saturated rings. The molecular weight excluding hydrogens is 348 g/mol. The molecule has 0 saturated carbocycles. The summed E-state index contributed by atoms with van der Waals surface area (Å²) in [5, 5.41) is 4.55. The van der Waals surface area contributed by atoms with Crippen molar-refractivity contribution in [1.82, 2.24) is 14.7 Å². The molecule has 0 N–H and O–H groups in total. The third-order valence-electron chi connectivity index (χ3n) is 5.51. The summed E-state index contributed by atoms with van der Waals surface area (Å²) in [6.07, 6.45) is 0. The monoisotopic (exact) mass is 374 g/mol. The fourth-order valence-electron chi connectivity index (χ4n) is 3.96. The maximum Gasteiger partial charge on any atom is 0.272 e. The summed E-state index contributed by atoms with van der Waals surface area (Å²) < 4.78 is 1.70. The second kappa shape index (κ2) is 7.50.